The fourth-order valence-electron chi connectivity index (χ4n) is 2.93. The molecule has 3 heterocycles. The van der Waals surface area contributed by atoms with Gasteiger partial charge in [0.1, 0.15) is 0 Å². The van der Waals surface area contributed by atoms with Crippen LogP contribution in [0.1, 0.15) is 28.9 Å². The summed E-state index contributed by atoms with van der Waals surface area (Å²) in [4.78, 5) is 39.8. The van der Waals surface area contributed by atoms with E-state index in [1.54, 1.807) is 11.0 Å². The Bertz CT molecular complexity index is 581. The van der Waals surface area contributed by atoms with Crippen molar-refractivity contribution in [3.8, 4) is 0 Å². The summed E-state index contributed by atoms with van der Waals surface area (Å²) in [5.41, 5.74) is 0. The molecule has 2 fully saturated rings. The Morgan fingerprint density at radius 3 is 2.83 bits per heavy atom. The normalized spacial score (nSPS) is 18.2. The van der Waals surface area contributed by atoms with Gasteiger partial charge in [0.15, 0.2) is 0 Å². The predicted octanol–water partition coefficient (Wildman–Crippen LogP) is 0.949. The Morgan fingerprint density at radius 1 is 1.35 bits per heavy atom. The van der Waals surface area contributed by atoms with E-state index in [0.29, 0.717) is 32.6 Å². The first-order valence-electron chi connectivity index (χ1n) is 8.03. The molecule has 0 atom stereocenters. The third-order valence-corrected chi connectivity index (χ3v) is 5.20. The Kier molecular flexibility index (Phi) is 4.95. The van der Waals surface area contributed by atoms with E-state index in [-0.39, 0.29) is 23.6 Å². The number of amides is 3. The Hall–Kier alpha value is -1.89. The zero-order chi connectivity index (χ0) is 16.2. The van der Waals surface area contributed by atoms with Crippen LogP contribution < -0.4 is 5.32 Å². The van der Waals surface area contributed by atoms with E-state index in [0.717, 1.165) is 24.3 Å². The van der Waals surface area contributed by atoms with Crippen LogP contribution in [0.4, 0.5) is 0 Å². The van der Waals surface area contributed by atoms with Crippen molar-refractivity contribution in [2.45, 2.75) is 19.3 Å². The van der Waals surface area contributed by atoms with Crippen LogP contribution in [-0.2, 0) is 9.59 Å². The van der Waals surface area contributed by atoms with Crippen molar-refractivity contribution in [2.75, 3.05) is 32.7 Å². The molecule has 7 heteroatoms. The molecule has 0 bridgehead atoms. The second-order valence-corrected chi connectivity index (χ2v) is 6.96. The smallest absolute Gasteiger partial charge is 0.263 e. The summed E-state index contributed by atoms with van der Waals surface area (Å²) in [5.74, 6) is 0.134. The second kappa shape index (κ2) is 7.12. The summed E-state index contributed by atoms with van der Waals surface area (Å²) in [6, 6.07) is 3.66. The third kappa shape index (κ3) is 3.72. The predicted molar refractivity (Wildman–Crippen MR) is 87.2 cm³/mol. The summed E-state index contributed by atoms with van der Waals surface area (Å²) in [6.07, 6.45) is 2.38. The van der Waals surface area contributed by atoms with Gasteiger partial charge in [0.05, 0.1) is 10.8 Å². The standard InChI is InChI=1S/C16H21N3O3S/c20-14-5-1-7-18(14)8-3-6-17-15(21)12-10-19(11-12)16(22)13-4-2-9-23-13/h2,4,9,12H,1,3,5-8,10-11H2,(H,17,21). The SMILES string of the molecule is O=C(NCCCN1CCCC1=O)C1CN(C(=O)c2cccs2)C1. The highest BCUT2D eigenvalue weighted by atomic mass is 32.1. The molecule has 2 saturated heterocycles. The van der Waals surface area contributed by atoms with E-state index in [9.17, 15) is 14.4 Å². The van der Waals surface area contributed by atoms with Gasteiger partial charge in [-0.1, -0.05) is 6.07 Å². The van der Waals surface area contributed by atoms with Crippen molar-refractivity contribution in [3.05, 3.63) is 22.4 Å². The van der Waals surface area contributed by atoms with E-state index in [1.165, 1.54) is 11.3 Å². The number of likely N-dealkylation sites (tertiary alicyclic amines) is 2. The quantitative estimate of drug-likeness (QED) is 0.787. The summed E-state index contributed by atoms with van der Waals surface area (Å²) in [5, 5.41) is 4.78. The number of carbonyl (C=O) groups excluding carboxylic acids is 3. The molecule has 0 aliphatic carbocycles. The first-order valence-corrected chi connectivity index (χ1v) is 8.91. The number of hydrogen-bond donors (Lipinski definition) is 1. The van der Waals surface area contributed by atoms with Crippen molar-refractivity contribution in [1.29, 1.82) is 0 Å². The molecule has 1 aromatic rings. The molecule has 6 nitrogen and oxygen atoms in total. The molecule has 124 valence electrons. The fourth-order valence-corrected chi connectivity index (χ4v) is 3.62. The van der Waals surface area contributed by atoms with Crippen LogP contribution in [0.2, 0.25) is 0 Å². The first kappa shape index (κ1) is 16.0. The Labute approximate surface area is 139 Å². The maximum atomic E-state index is 12.1. The molecule has 2 aliphatic heterocycles. The zero-order valence-corrected chi connectivity index (χ0v) is 13.8. The molecular weight excluding hydrogens is 314 g/mol. The molecule has 1 N–H and O–H groups in total. The van der Waals surface area contributed by atoms with Crippen LogP contribution in [0.25, 0.3) is 0 Å². The van der Waals surface area contributed by atoms with Gasteiger partial charge in [-0.3, -0.25) is 14.4 Å². The van der Waals surface area contributed by atoms with Gasteiger partial charge in [0.25, 0.3) is 5.91 Å². The van der Waals surface area contributed by atoms with Gasteiger partial charge in [0.2, 0.25) is 11.8 Å². The van der Waals surface area contributed by atoms with Gasteiger partial charge >= 0.3 is 0 Å². The largest absolute Gasteiger partial charge is 0.356 e. The minimum atomic E-state index is -0.104. The lowest BCUT2D eigenvalue weighted by molar-refractivity contribution is -0.128. The lowest BCUT2D eigenvalue weighted by Crippen LogP contribution is -2.55. The average molecular weight is 335 g/mol. The number of carbonyl (C=O) groups is 3. The summed E-state index contributed by atoms with van der Waals surface area (Å²) >= 11 is 1.42. The van der Waals surface area contributed by atoms with Crippen molar-refractivity contribution in [2.24, 2.45) is 5.92 Å². The monoisotopic (exact) mass is 335 g/mol. The molecule has 23 heavy (non-hydrogen) atoms. The van der Waals surface area contributed by atoms with Gasteiger partial charge in [-0.05, 0) is 24.3 Å². The van der Waals surface area contributed by atoms with Gasteiger partial charge in [0, 0.05) is 39.1 Å². The van der Waals surface area contributed by atoms with E-state index in [4.69, 9.17) is 0 Å². The zero-order valence-electron chi connectivity index (χ0n) is 13.0. The lowest BCUT2D eigenvalue weighted by atomic mass is 9.99. The minimum Gasteiger partial charge on any atom is -0.356 e. The lowest BCUT2D eigenvalue weighted by Gasteiger charge is -2.37. The van der Waals surface area contributed by atoms with Crippen molar-refractivity contribution >= 4 is 29.1 Å². The minimum absolute atomic E-state index is 0.00739. The summed E-state index contributed by atoms with van der Waals surface area (Å²) < 4.78 is 0. The van der Waals surface area contributed by atoms with Gasteiger partial charge in [-0.15, -0.1) is 11.3 Å². The first-order chi connectivity index (χ1) is 11.1. The third-order valence-electron chi connectivity index (χ3n) is 4.35. The highest BCUT2D eigenvalue weighted by Crippen LogP contribution is 2.21. The van der Waals surface area contributed by atoms with Gasteiger partial charge in [-0.25, -0.2) is 0 Å². The average Bonchev–Trinajstić information content (AvgIpc) is 3.13. The maximum Gasteiger partial charge on any atom is 0.263 e. The van der Waals surface area contributed by atoms with E-state index >= 15 is 0 Å². The Balaban J connectivity index is 1.31. The van der Waals surface area contributed by atoms with E-state index < -0.39 is 0 Å². The molecular formula is C16H21N3O3S. The number of nitrogens with one attached hydrogen (secondary N) is 1. The summed E-state index contributed by atoms with van der Waals surface area (Å²) in [6.45, 7) is 3.13. The molecule has 3 rings (SSSR count). The van der Waals surface area contributed by atoms with Crippen LogP contribution in [0.15, 0.2) is 17.5 Å². The van der Waals surface area contributed by atoms with Crippen LogP contribution >= 0.6 is 11.3 Å². The number of rotatable bonds is 6. The van der Waals surface area contributed by atoms with Crippen LogP contribution in [0, 0.1) is 5.92 Å². The Morgan fingerprint density at radius 2 is 2.17 bits per heavy atom. The number of hydrogen-bond acceptors (Lipinski definition) is 4. The highest BCUT2D eigenvalue weighted by molar-refractivity contribution is 7.12. The van der Waals surface area contributed by atoms with Gasteiger partial charge < -0.3 is 15.1 Å². The van der Waals surface area contributed by atoms with E-state index in [1.807, 2.05) is 16.3 Å². The molecule has 1 aromatic heterocycles. The molecule has 0 radical (unpaired) electrons. The van der Waals surface area contributed by atoms with Crippen molar-refractivity contribution in [1.82, 2.24) is 15.1 Å². The number of thiophene rings is 1. The van der Waals surface area contributed by atoms with Crippen LogP contribution in [0.5, 0.6) is 0 Å². The highest BCUT2D eigenvalue weighted by Gasteiger charge is 2.36. The topological polar surface area (TPSA) is 69.7 Å². The number of nitrogens with zero attached hydrogens (tertiary/aromatic N) is 2. The second-order valence-electron chi connectivity index (χ2n) is 6.01. The molecule has 0 spiro atoms. The molecule has 3 amide bonds. The van der Waals surface area contributed by atoms with Gasteiger partial charge in [-0.2, -0.15) is 0 Å². The molecule has 0 aromatic carbocycles. The molecule has 0 saturated carbocycles. The van der Waals surface area contributed by atoms with Crippen molar-refractivity contribution < 1.29 is 14.4 Å². The van der Waals surface area contributed by atoms with Crippen LogP contribution in [0.3, 0.4) is 0 Å². The van der Waals surface area contributed by atoms with E-state index in [2.05, 4.69) is 5.32 Å². The molecule has 2 aliphatic rings. The fraction of sp³-hybridized carbons (Fsp3) is 0.562. The summed E-state index contributed by atoms with van der Waals surface area (Å²) in [7, 11) is 0. The van der Waals surface area contributed by atoms with Crippen molar-refractivity contribution in [3.63, 3.8) is 0 Å². The molecule has 0 unspecified atom stereocenters. The maximum absolute atomic E-state index is 12.1. The van der Waals surface area contributed by atoms with Crippen LogP contribution in [-0.4, -0.2) is 60.2 Å².